The smallest absolute Gasteiger partial charge is 0.449 e. The largest absolute Gasteiger partial charge is 0.511 e. The highest BCUT2D eigenvalue weighted by Crippen LogP contribution is 2.42. The van der Waals surface area contributed by atoms with Gasteiger partial charge in [0.15, 0.2) is 11.6 Å². The van der Waals surface area contributed by atoms with Crippen LogP contribution in [-0.4, -0.2) is 42.5 Å². The first-order valence-electron chi connectivity index (χ1n) is 9.61. The molecule has 1 aromatic heterocycles. The van der Waals surface area contributed by atoms with Crippen molar-refractivity contribution in [1.82, 2.24) is 9.88 Å². The number of rotatable bonds is 5. The van der Waals surface area contributed by atoms with Crippen LogP contribution in [0.15, 0.2) is 17.1 Å². The van der Waals surface area contributed by atoms with Crippen molar-refractivity contribution in [2.45, 2.75) is 32.2 Å². The number of nitrogens with zero attached hydrogens (tertiary/aromatic N) is 2. The van der Waals surface area contributed by atoms with Gasteiger partial charge >= 0.3 is 6.16 Å². The maximum absolute atomic E-state index is 15.6. The van der Waals surface area contributed by atoms with Crippen LogP contribution in [-0.2, 0) is 0 Å². The predicted molar refractivity (Wildman–Crippen MR) is 104 cm³/mol. The molecule has 2 heterocycles. The van der Waals surface area contributed by atoms with Gasteiger partial charge in [0, 0.05) is 25.7 Å². The summed E-state index contributed by atoms with van der Waals surface area (Å²) in [5.74, 6) is -2.08. The van der Waals surface area contributed by atoms with Crippen LogP contribution in [0.1, 0.15) is 32.2 Å². The van der Waals surface area contributed by atoms with Crippen molar-refractivity contribution in [3.8, 4) is 5.75 Å². The minimum atomic E-state index is -1.65. The Labute approximate surface area is 165 Å². The van der Waals surface area contributed by atoms with Crippen LogP contribution in [0.3, 0.4) is 0 Å². The predicted octanol–water partition coefficient (Wildman–Crippen LogP) is 3.11. The molecule has 0 spiro atoms. The van der Waals surface area contributed by atoms with E-state index < -0.39 is 29.0 Å². The molecule has 1 atom stereocenters. The second kappa shape index (κ2) is 6.98. The lowest BCUT2D eigenvalue weighted by molar-refractivity contribution is 0.143. The number of anilines is 1. The molecule has 0 radical (unpaired) electrons. The third kappa shape index (κ3) is 3.43. The molecule has 1 saturated carbocycles. The average molecular weight is 407 g/mol. The third-order valence-electron chi connectivity index (χ3n) is 5.77. The molecule has 1 saturated heterocycles. The average Bonchev–Trinajstić information content (AvgIpc) is 3.41. The lowest BCUT2D eigenvalue weighted by Gasteiger charge is -2.26. The fourth-order valence-corrected chi connectivity index (χ4v) is 4.29. The maximum atomic E-state index is 15.6. The van der Waals surface area contributed by atoms with Gasteiger partial charge in [-0.05, 0) is 37.8 Å². The number of ether oxygens (including phenoxy) is 1. The Kier molecular flexibility index (Phi) is 4.72. The van der Waals surface area contributed by atoms with E-state index in [-0.39, 0.29) is 28.0 Å². The van der Waals surface area contributed by atoms with Crippen molar-refractivity contribution in [1.29, 1.82) is 0 Å². The molecule has 1 aliphatic carbocycles. The number of aromatic nitrogens is 1. The van der Waals surface area contributed by atoms with Crippen LogP contribution >= 0.6 is 0 Å². The molecule has 29 heavy (non-hydrogen) atoms. The highest BCUT2D eigenvalue weighted by molar-refractivity contribution is 5.86. The van der Waals surface area contributed by atoms with E-state index in [1.807, 2.05) is 7.05 Å². The number of hydrogen-bond acceptors (Lipinski definition) is 5. The van der Waals surface area contributed by atoms with Crippen molar-refractivity contribution in [2.24, 2.45) is 5.41 Å². The Hall–Kier alpha value is -2.68. The van der Waals surface area contributed by atoms with Gasteiger partial charge in [0.2, 0.25) is 5.43 Å². The summed E-state index contributed by atoms with van der Waals surface area (Å²) in [5, 5.41) is 11.8. The van der Waals surface area contributed by atoms with E-state index in [0.29, 0.717) is 13.1 Å². The van der Waals surface area contributed by atoms with Crippen molar-refractivity contribution >= 4 is 22.7 Å². The summed E-state index contributed by atoms with van der Waals surface area (Å²) in [5.41, 5.74) is -1.10. The molecule has 2 N–H and O–H groups in total. The van der Waals surface area contributed by atoms with Gasteiger partial charge in [-0.1, -0.05) is 6.92 Å². The summed E-state index contributed by atoms with van der Waals surface area (Å²) in [6.07, 6.45) is 1.88. The van der Waals surface area contributed by atoms with E-state index in [9.17, 15) is 14.0 Å². The SMILES string of the molecule is CNCC1(C)CCN(c2c(F)cc3c(=O)c(OC(=O)O)cn(C4CC4)c3c2F)C1. The lowest BCUT2D eigenvalue weighted by Crippen LogP contribution is -2.33. The first-order valence-corrected chi connectivity index (χ1v) is 9.61. The number of carbonyl (C=O) groups is 1. The third-order valence-corrected chi connectivity index (χ3v) is 5.77. The van der Waals surface area contributed by atoms with Crippen molar-refractivity contribution in [3.05, 3.63) is 34.1 Å². The van der Waals surface area contributed by atoms with Gasteiger partial charge in [0.1, 0.15) is 11.5 Å². The number of pyridine rings is 1. The topological polar surface area (TPSA) is 83.8 Å². The van der Waals surface area contributed by atoms with Crippen molar-refractivity contribution < 1.29 is 23.4 Å². The van der Waals surface area contributed by atoms with Crippen LogP contribution in [0, 0.1) is 17.0 Å². The second-order valence-electron chi connectivity index (χ2n) is 8.26. The molecule has 1 unspecified atom stereocenters. The number of carboxylic acid groups (broad SMARTS) is 1. The van der Waals surface area contributed by atoms with Crippen LogP contribution in [0.5, 0.6) is 5.75 Å². The fourth-order valence-electron chi connectivity index (χ4n) is 4.29. The monoisotopic (exact) mass is 407 g/mol. The highest BCUT2D eigenvalue weighted by Gasteiger charge is 2.37. The number of fused-ring (bicyclic) bond motifs is 1. The molecule has 2 fully saturated rings. The van der Waals surface area contributed by atoms with Gasteiger partial charge in [0.05, 0.1) is 17.1 Å². The summed E-state index contributed by atoms with van der Waals surface area (Å²) in [4.78, 5) is 25.2. The zero-order valence-electron chi connectivity index (χ0n) is 16.3. The Balaban J connectivity index is 1.88. The Morgan fingerprint density at radius 1 is 1.41 bits per heavy atom. The molecule has 1 aliphatic heterocycles. The molecule has 9 heteroatoms. The molecule has 0 amide bonds. The van der Waals surface area contributed by atoms with E-state index >= 15 is 4.39 Å². The summed E-state index contributed by atoms with van der Waals surface area (Å²) in [6, 6.07) is 0.924. The van der Waals surface area contributed by atoms with Crippen LogP contribution < -0.4 is 20.4 Å². The minimum absolute atomic E-state index is 0.00569. The first-order chi connectivity index (χ1) is 13.7. The van der Waals surface area contributed by atoms with Crippen molar-refractivity contribution in [2.75, 3.05) is 31.6 Å². The summed E-state index contributed by atoms with van der Waals surface area (Å²) in [6.45, 7) is 3.78. The molecular weight excluding hydrogens is 384 g/mol. The Bertz CT molecular complexity index is 1050. The molecule has 2 aliphatic rings. The van der Waals surface area contributed by atoms with Gasteiger partial charge in [0.25, 0.3) is 0 Å². The molecule has 2 aromatic rings. The van der Waals surface area contributed by atoms with E-state index in [1.54, 1.807) is 4.90 Å². The Morgan fingerprint density at radius 2 is 2.14 bits per heavy atom. The molecule has 1 aromatic carbocycles. The standard InChI is InChI=1S/C20H23F2N3O4/c1-20(9-23-2)5-6-24(10-20)17-13(21)7-12-16(15(17)22)25(11-3-4-11)8-14(18(12)26)29-19(27)28/h7-8,11,23H,3-6,9-10H2,1-2H3,(H,27,28). The van der Waals surface area contributed by atoms with E-state index in [4.69, 9.17) is 5.11 Å². The number of halogens is 2. The normalized spacial score (nSPS) is 21.7. The van der Waals surface area contributed by atoms with Crippen LogP contribution in [0.2, 0.25) is 0 Å². The molecule has 0 bridgehead atoms. The first kappa shape index (κ1) is 19.6. The van der Waals surface area contributed by atoms with Gasteiger partial charge in [-0.2, -0.15) is 0 Å². The van der Waals surface area contributed by atoms with Crippen LogP contribution in [0.4, 0.5) is 19.3 Å². The lowest BCUT2D eigenvalue weighted by atomic mass is 9.90. The fraction of sp³-hybridized carbons (Fsp3) is 0.500. The zero-order valence-corrected chi connectivity index (χ0v) is 16.3. The number of benzene rings is 1. The Morgan fingerprint density at radius 3 is 2.76 bits per heavy atom. The number of hydrogen-bond donors (Lipinski definition) is 2. The minimum Gasteiger partial charge on any atom is -0.449 e. The van der Waals surface area contributed by atoms with Gasteiger partial charge in [-0.25, -0.2) is 13.6 Å². The van der Waals surface area contributed by atoms with Crippen molar-refractivity contribution in [3.63, 3.8) is 0 Å². The summed E-state index contributed by atoms with van der Waals surface area (Å²) < 4.78 is 36.7. The van der Waals surface area contributed by atoms with Gasteiger partial charge in [-0.3, -0.25) is 4.79 Å². The van der Waals surface area contributed by atoms with E-state index in [1.165, 1.54) is 10.8 Å². The molecule has 7 nitrogen and oxygen atoms in total. The quantitative estimate of drug-likeness (QED) is 0.741. The zero-order chi connectivity index (χ0) is 20.9. The summed E-state index contributed by atoms with van der Waals surface area (Å²) >= 11 is 0. The second-order valence-corrected chi connectivity index (χ2v) is 8.26. The van der Waals surface area contributed by atoms with Gasteiger partial charge in [-0.15, -0.1) is 0 Å². The summed E-state index contributed by atoms with van der Waals surface area (Å²) in [7, 11) is 1.84. The van der Waals surface area contributed by atoms with Crippen LogP contribution in [0.25, 0.3) is 10.9 Å². The van der Waals surface area contributed by atoms with E-state index in [2.05, 4.69) is 17.0 Å². The van der Waals surface area contributed by atoms with Gasteiger partial charge < -0.3 is 24.6 Å². The number of nitrogens with one attached hydrogen (secondary N) is 1. The molecular formula is C20H23F2N3O4. The maximum Gasteiger partial charge on any atom is 0.511 e. The van der Waals surface area contributed by atoms with E-state index in [0.717, 1.165) is 31.9 Å². The molecule has 4 rings (SSSR count). The molecule has 156 valence electrons. The highest BCUT2D eigenvalue weighted by atomic mass is 19.1.